The van der Waals surface area contributed by atoms with Crippen LogP contribution in [0.1, 0.15) is 18.7 Å². The van der Waals surface area contributed by atoms with Crippen molar-refractivity contribution in [3.8, 4) is 0 Å². The zero-order valence-corrected chi connectivity index (χ0v) is 14.8. The first-order valence-corrected chi connectivity index (χ1v) is 8.96. The number of amidine groups is 1. The van der Waals surface area contributed by atoms with Crippen molar-refractivity contribution >= 4 is 17.7 Å². The van der Waals surface area contributed by atoms with Gasteiger partial charge < -0.3 is 9.80 Å². The molecule has 1 unspecified atom stereocenters. The van der Waals surface area contributed by atoms with Gasteiger partial charge >= 0.3 is 0 Å². The predicted octanol–water partition coefficient (Wildman–Crippen LogP) is 0.370. The second-order valence-electron chi connectivity index (χ2n) is 6.92. The van der Waals surface area contributed by atoms with Crippen LogP contribution in [0.2, 0.25) is 0 Å². The molecule has 4 heterocycles. The Kier molecular flexibility index (Phi) is 4.62. The maximum Gasteiger partial charge on any atom is 0.259 e. The zero-order chi connectivity index (χ0) is 18.1. The average molecular weight is 359 g/mol. The number of rotatable bonds is 2. The van der Waals surface area contributed by atoms with E-state index in [-0.39, 0.29) is 11.8 Å². The summed E-state index contributed by atoms with van der Waals surface area (Å²) in [5, 5.41) is 0. The number of carbonyl (C=O) groups excluding carboxylic acids is 1. The first-order valence-electron chi connectivity index (χ1n) is 8.96. The van der Waals surface area contributed by atoms with Crippen molar-refractivity contribution in [3.63, 3.8) is 0 Å². The molecule has 26 heavy (non-hydrogen) atoms. The van der Waals surface area contributed by atoms with Crippen LogP contribution in [0.4, 0.5) is 4.39 Å². The van der Waals surface area contributed by atoms with Crippen molar-refractivity contribution in [1.29, 1.82) is 0 Å². The lowest BCUT2D eigenvalue weighted by molar-refractivity contribution is -0.120. The van der Waals surface area contributed by atoms with E-state index in [4.69, 9.17) is 4.99 Å². The van der Waals surface area contributed by atoms with E-state index in [1.54, 1.807) is 0 Å². The topological polar surface area (TPSA) is 77.3 Å². The molecule has 0 spiro atoms. The average Bonchev–Trinajstić information content (AvgIpc) is 2.65. The highest BCUT2D eigenvalue weighted by Gasteiger charge is 2.35. The smallest absolute Gasteiger partial charge is 0.259 e. The molecule has 8 nitrogen and oxygen atoms in total. The number of nitrogens with zero attached hydrogens (tertiary/aromatic N) is 7. The van der Waals surface area contributed by atoms with Crippen molar-refractivity contribution < 1.29 is 9.18 Å². The van der Waals surface area contributed by atoms with Gasteiger partial charge in [-0.25, -0.2) is 14.4 Å². The number of hydrogen-bond donors (Lipinski definition) is 0. The van der Waals surface area contributed by atoms with Gasteiger partial charge in [-0.3, -0.25) is 9.69 Å². The molecule has 0 aromatic carbocycles. The summed E-state index contributed by atoms with van der Waals surface area (Å²) in [6.07, 6.45) is 4.22. The summed E-state index contributed by atoms with van der Waals surface area (Å²) in [4.78, 5) is 35.7. The van der Waals surface area contributed by atoms with E-state index in [1.807, 2.05) is 7.05 Å². The van der Waals surface area contributed by atoms with Gasteiger partial charge in [0, 0.05) is 39.8 Å². The molecule has 3 aliphatic heterocycles. The van der Waals surface area contributed by atoms with Crippen LogP contribution < -0.4 is 0 Å². The second-order valence-corrected chi connectivity index (χ2v) is 6.92. The Labute approximate surface area is 151 Å². The molecule has 0 aliphatic carbocycles. The molecule has 9 heteroatoms. The van der Waals surface area contributed by atoms with E-state index in [1.165, 1.54) is 12.4 Å². The summed E-state index contributed by atoms with van der Waals surface area (Å²) in [7, 11) is 1.99. The van der Waals surface area contributed by atoms with Crippen LogP contribution in [-0.2, 0) is 11.3 Å². The summed E-state index contributed by atoms with van der Waals surface area (Å²) in [6.45, 7) is 4.56. The molecule has 4 rings (SSSR count). The molecule has 3 aliphatic rings. The predicted molar refractivity (Wildman–Crippen MR) is 94.1 cm³/mol. The summed E-state index contributed by atoms with van der Waals surface area (Å²) >= 11 is 0. The number of halogens is 1. The molecule has 1 aromatic heterocycles. The van der Waals surface area contributed by atoms with Crippen molar-refractivity contribution in [2.45, 2.75) is 19.4 Å². The molecule has 1 amide bonds. The van der Waals surface area contributed by atoms with E-state index in [2.05, 4.69) is 29.7 Å². The Morgan fingerprint density at radius 2 is 1.85 bits per heavy atom. The molecule has 0 bridgehead atoms. The zero-order valence-electron chi connectivity index (χ0n) is 14.8. The number of amides is 1. The van der Waals surface area contributed by atoms with Crippen molar-refractivity contribution in [1.82, 2.24) is 24.7 Å². The van der Waals surface area contributed by atoms with Gasteiger partial charge in [-0.2, -0.15) is 9.98 Å². The van der Waals surface area contributed by atoms with Gasteiger partial charge in [-0.1, -0.05) is 0 Å². The fraction of sp³-hybridized carbons (Fsp3) is 0.588. The number of carbonyl (C=O) groups is 1. The Balaban J connectivity index is 1.38. The Bertz CT molecular complexity index is 740. The Hall–Kier alpha value is -2.42. The maximum absolute atomic E-state index is 12.9. The first kappa shape index (κ1) is 17.0. The monoisotopic (exact) mass is 359 g/mol. The van der Waals surface area contributed by atoms with Crippen LogP contribution in [0.3, 0.4) is 0 Å². The number of fused-ring (bicyclic) bond motifs is 1. The maximum atomic E-state index is 12.9. The molecule has 138 valence electrons. The van der Waals surface area contributed by atoms with Gasteiger partial charge in [0.25, 0.3) is 5.91 Å². The van der Waals surface area contributed by atoms with E-state index in [0.717, 1.165) is 51.4 Å². The van der Waals surface area contributed by atoms with Gasteiger partial charge in [0.2, 0.25) is 5.96 Å². The van der Waals surface area contributed by atoms with Gasteiger partial charge in [0.15, 0.2) is 5.82 Å². The van der Waals surface area contributed by atoms with E-state index in [9.17, 15) is 9.18 Å². The number of piperidine rings is 1. The van der Waals surface area contributed by atoms with Crippen LogP contribution in [-0.4, -0.2) is 82.1 Å². The normalized spacial score (nSPS) is 24.2. The summed E-state index contributed by atoms with van der Waals surface area (Å²) in [5.74, 6) is 1.33. The Morgan fingerprint density at radius 1 is 1.12 bits per heavy atom. The van der Waals surface area contributed by atoms with Crippen LogP contribution in [0.15, 0.2) is 22.4 Å². The first-order chi connectivity index (χ1) is 12.6. The minimum atomic E-state index is -0.427. The van der Waals surface area contributed by atoms with Crippen LogP contribution in [0.25, 0.3) is 0 Å². The quantitative estimate of drug-likeness (QED) is 0.759. The molecule has 2 saturated heterocycles. The molecule has 0 radical (unpaired) electrons. The molecular weight excluding hydrogens is 337 g/mol. The summed E-state index contributed by atoms with van der Waals surface area (Å²) in [6, 6.07) is 0. The minimum absolute atomic E-state index is 0.0707. The third-order valence-electron chi connectivity index (χ3n) is 5.11. The van der Waals surface area contributed by atoms with Crippen LogP contribution >= 0.6 is 0 Å². The van der Waals surface area contributed by atoms with Crippen LogP contribution in [0, 0.1) is 11.7 Å². The third-order valence-corrected chi connectivity index (χ3v) is 5.11. The minimum Gasteiger partial charge on any atom is -0.362 e. The van der Waals surface area contributed by atoms with Crippen molar-refractivity contribution in [2.75, 3.05) is 39.8 Å². The number of piperazine rings is 1. The molecule has 1 aromatic rings. The fourth-order valence-corrected chi connectivity index (χ4v) is 3.61. The number of guanidine groups is 1. The highest BCUT2D eigenvalue weighted by Crippen LogP contribution is 2.23. The lowest BCUT2D eigenvalue weighted by Gasteiger charge is -2.38. The summed E-state index contributed by atoms with van der Waals surface area (Å²) in [5.41, 5.74) is 0. The highest BCUT2D eigenvalue weighted by atomic mass is 19.1. The molecule has 2 fully saturated rings. The largest absolute Gasteiger partial charge is 0.362 e. The summed E-state index contributed by atoms with van der Waals surface area (Å²) < 4.78 is 12.9. The lowest BCUT2D eigenvalue weighted by atomic mass is 9.95. The SMILES string of the molecule is CN1CCCC2C(=O)N=C(N3CCN(Cc4ncc(F)cn4)CC3)N=C21. The lowest BCUT2D eigenvalue weighted by Crippen LogP contribution is -2.51. The molecular formula is C17H22FN7O. The van der Waals surface area contributed by atoms with Crippen LogP contribution in [0.5, 0.6) is 0 Å². The van der Waals surface area contributed by atoms with E-state index < -0.39 is 5.82 Å². The number of aromatic nitrogens is 2. The molecule has 1 atom stereocenters. The van der Waals surface area contributed by atoms with Crippen molar-refractivity contribution in [2.24, 2.45) is 15.9 Å². The van der Waals surface area contributed by atoms with Gasteiger partial charge in [-0.05, 0) is 12.8 Å². The number of likely N-dealkylation sites (tertiary alicyclic amines) is 1. The Morgan fingerprint density at radius 3 is 2.58 bits per heavy atom. The standard InChI is InChI=1S/C17H22FN7O/c1-23-4-2-3-13-15(23)21-17(22-16(13)26)25-7-5-24(6-8-25)11-14-19-9-12(18)10-20-14/h9-10,13H,2-8,11H2,1H3. The third kappa shape index (κ3) is 3.44. The van der Waals surface area contributed by atoms with Gasteiger partial charge in [0.05, 0.1) is 24.9 Å². The van der Waals surface area contributed by atoms with E-state index >= 15 is 0 Å². The number of aliphatic imine (C=N–C) groups is 2. The number of hydrogen-bond acceptors (Lipinski definition) is 7. The molecule has 0 saturated carbocycles. The fourth-order valence-electron chi connectivity index (χ4n) is 3.61. The second kappa shape index (κ2) is 7.06. The molecule has 0 N–H and O–H groups in total. The van der Waals surface area contributed by atoms with Gasteiger partial charge in [-0.15, -0.1) is 0 Å². The van der Waals surface area contributed by atoms with E-state index in [0.29, 0.717) is 18.3 Å². The van der Waals surface area contributed by atoms with Crippen molar-refractivity contribution in [3.05, 3.63) is 24.0 Å². The highest BCUT2D eigenvalue weighted by molar-refractivity contribution is 6.14. The van der Waals surface area contributed by atoms with Gasteiger partial charge in [0.1, 0.15) is 11.7 Å².